The Morgan fingerprint density at radius 1 is 1.20 bits per heavy atom. The van der Waals surface area contributed by atoms with Crippen molar-refractivity contribution in [3.63, 3.8) is 0 Å². The molecular weight excluding hydrogens is 456 g/mol. The van der Waals surface area contributed by atoms with Crippen molar-refractivity contribution < 1.29 is 19.4 Å². The number of ether oxygens (including phenoxy) is 1. The molecular formula is C17H14Br2N2O4. The molecule has 0 spiro atoms. The Morgan fingerprint density at radius 3 is 2.32 bits per heavy atom. The van der Waals surface area contributed by atoms with Gasteiger partial charge in [-0.15, -0.1) is 0 Å². The Balaban J connectivity index is 2.08. The number of carboxylic acid groups (broad SMARTS) is 1. The number of rotatable bonds is 6. The number of nitrogens with one attached hydrogen (secondary N) is 1. The SMILES string of the molecule is CC(=O)N/N=C\c1cc(Br)c(OCc2ccc(C(=O)O)cc2)c(Br)c1. The number of hydrogen-bond acceptors (Lipinski definition) is 4. The Kier molecular flexibility index (Phi) is 6.72. The van der Waals surface area contributed by atoms with E-state index in [1.165, 1.54) is 25.3 Å². The second kappa shape index (κ2) is 8.77. The average molecular weight is 470 g/mol. The molecule has 2 N–H and O–H groups in total. The quantitative estimate of drug-likeness (QED) is 0.495. The first kappa shape index (κ1) is 19.1. The van der Waals surface area contributed by atoms with Gasteiger partial charge in [0.05, 0.1) is 20.7 Å². The van der Waals surface area contributed by atoms with Crippen LogP contribution in [0.4, 0.5) is 0 Å². The Hall–Kier alpha value is -2.19. The van der Waals surface area contributed by atoms with Crippen molar-refractivity contribution in [2.45, 2.75) is 13.5 Å². The number of carbonyl (C=O) groups is 2. The van der Waals surface area contributed by atoms with E-state index in [0.29, 0.717) is 14.7 Å². The van der Waals surface area contributed by atoms with E-state index in [1.54, 1.807) is 24.3 Å². The molecule has 0 aliphatic carbocycles. The van der Waals surface area contributed by atoms with Crippen molar-refractivity contribution in [3.05, 3.63) is 62.0 Å². The second-order valence-corrected chi connectivity index (χ2v) is 6.74. The zero-order chi connectivity index (χ0) is 18.4. The van der Waals surface area contributed by atoms with Gasteiger partial charge in [-0.2, -0.15) is 5.10 Å². The number of hydrazone groups is 1. The largest absolute Gasteiger partial charge is 0.487 e. The van der Waals surface area contributed by atoms with Crippen LogP contribution in [0.25, 0.3) is 0 Å². The van der Waals surface area contributed by atoms with Crippen LogP contribution in [-0.2, 0) is 11.4 Å². The number of carbonyl (C=O) groups excluding carboxylic acids is 1. The summed E-state index contributed by atoms with van der Waals surface area (Å²) in [6, 6.07) is 10.1. The van der Waals surface area contributed by atoms with E-state index in [-0.39, 0.29) is 18.1 Å². The molecule has 6 nitrogen and oxygen atoms in total. The van der Waals surface area contributed by atoms with E-state index in [9.17, 15) is 9.59 Å². The lowest BCUT2D eigenvalue weighted by atomic mass is 10.1. The number of nitrogens with zero attached hydrogens (tertiary/aromatic N) is 1. The van der Waals surface area contributed by atoms with Crippen LogP contribution >= 0.6 is 31.9 Å². The van der Waals surface area contributed by atoms with Crippen molar-refractivity contribution in [1.29, 1.82) is 0 Å². The Labute approximate surface area is 161 Å². The lowest BCUT2D eigenvalue weighted by Crippen LogP contribution is -2.12. The summed E-state index contributed by atoms with van der Waals surface area (Å²) in [6.45, 7) is 1.67. The summed E-state index contributed by atoms with van der Waals surface area (Å²) in [7, 11) is 0. The first-order valence-electron chi connectivity index (χ1n) is 7.10. The maximum atomic E-state index is 10.8. The molecule has 2 rings (SSSR count). The van der Waals surface area contributed by atoms with Crippen LogP contribution in [0.5, 0.6) is 5.75 Å². The fourth-order valence-electron chi connectivity index (χ4n) is 1.89. The third-order valence-electron chi connectivity index (χ3n) is 3.04. The number of aromatic carboxylic acids is 1. The maximum Gasteiger partial charge on any atom is 0.335 e. The lowest BCUT2D eigenvalue weighted by Gasteiger charge is -2.11. The zero-order valence-electron chi connectivity index (χ0n) is 13.1. The predicted molar refractivity (Wildman–Crippen MR) is 101 cm³/mol. The Bertz CT molecular complexity index is 797. The zero-order valence-corrected chi connectivity index (χ0v) is 16.3. The molecule has 0 fully saturated rings. The van der Waals surface area contributed by atoms with Gasteiger partial charge in [0.15, 0.2) is 0 Å². The minimum atomic E-state index is -0.963. The highest BCUT2D eigenvalue weighted by Gasteiger charge is 2.09. The maximum absolute atomic E-state index is 10.8. The number of halogens is 2. The molecule has 0 atom stereocenters. The molecule has 0 radical (unpaired) electrons. The van der Waals surface area contributed by atoms with Gasteiger partial charge in [-0.05, 0) is 67.3 Å². The van der Waals surface area contributed by atoms with Crippen LogP contribution in [0.1, 0.15) is 28.4 Å². The highest BCUT2D eigenvalue weighted by molar-refractivity contribution is 9.11. The molecule has 0 aliphatic rings. The van der Waals surface area contributed by atoms with Crippen LogP contribution in [0, 0.1) is 0 Å². The molecule has 25 heavy (non-hydrogen) atoms. The van der Waals surface area contributed by atoms with Gasteiger partial charge in [-0.1, -0.05) is 12.1 Å². The van der Waals surface area contributed by atoms with Crippen LogP contribution in [0.3, 0.4) is 0 Å². The highest BCUT2D eigenvalue weighted by atomic mass is 79.9. The molecule has 2 aromatic carbocycles. The van der Waals surface area contributed by atoms with E-state index in [0.717, 1.165) is 11.1 Å². The molecule has 8 heteroatoms. The van der Waals surface area contributed by atoms with Gasteiger partial charge in [0.1, 0.15) is 12.4 Å². The van der Waals surface area contributed by atoms with E-state index in [1.807, 2.05) is 0 Å². The molecule has 0 heterocycles. The van der Waals surface area contributed by atoms with Crippen LogP contribution in [0.2, 0.25) is 0 Å². The van der Waals surface area contributed by atoms with Gasteiger partial charge < -0.3 is 9.84 Å². The van der Waals surface area contributed by atoms with E-state index < -0.39 is 5.97 Å². The van der Waals surface area contributed by atoms with Gasteiger partial charge >= 0.3 is 5.97 Å². The molecule has 0 aromatic heterocycles. The van der Waals surface area contributed by atoms with Gasteiger partial charge in [0.25, 0.3) is 0 Å². The summed E-state index contributed by atoms with van der Waals surface area (Å²) in [6.07, 6.45) is 1.52. The first-order chi connectivity index (χ1) is 11.9. The van der Waals surface area contributed by atoms with Crippen LogP contribution < -0.4 is 10.2 Å². The van der Waals surface area contributed by atoms with E-state index in [4.69, 9.17) is 9.84 Å². The van der Waals surface area contributed by atoms with E-state index in [2.05, 4.69) is 42.4 Å². The summed E-state index contributed by atoms with van der Waals surface area (Å²) >= 11 is 6.88. The summed E-state index contributed by atoms with van der Waals surface area (Å²) in [4.78, 5) is 21.7. The van der Waals surface area contributed by atoms with Crippen LogP contribution in [0.15, 0.2) is 50.4 Å². The number of hydrogen-bond donors (Lipinski definition) is 2. The fourth-order valence-corrected chi connectivity index (χ4v) is 3.34. The normalized spacial score (nSPS) is 10.7. The van der Waals surface area contributed by atoms with Gasteiger partial charge in [0.2, 0.25) is 5.91 Å². The highest BCUT2D eigenvalue weighted by Crippen LogP contribution is 2.35. The molecule has 0 unspecified atom stereocenters. The first-order valence-corrected chi connectivity index (χ1v) is 8.69. The minimum absolute atomic E-state index is 0.230. The average Bonchev–Trinajstić information content (AvgIpc) is 2.54. The summed E-state index contributed by atoms with van der Waals surface area (Å²) in [5.41, 5.74) is 4.18. The molecule has 0 saturated carbocycles. The standard InChI is InChI=1S/C17H14Br2N2O4/c1-10(22)21-20-8-12-6-14(18)16(15(19)7-12)25-9-11-2-4-13(5-3-11)17(23)24/h2-8H,9H2,1H3,(H,21,22)(H,23,24)/b20-8-. The Morgan fingerprint density at radius 2 is 1.80 bits per heavy atom. The monoisotopic (exact) mass is 468 g/mol. The minimum Gasteiger partial charge on any atom is -0.487 e. The number of carboxylic acids is 1. The topological polar surface area (TPSA) is 88.0 Å². The lowest BCUT2D eigenvalue weighted by molar-refractivity contribution is -0.118. The molecule has 0 aliphatic heterocycles. The van der Waals surface area contributed by atoms with Crippen molar-refractivity contribution >= 4 is 50.0 Å². The summed E-state index contributed by atoms with van der Waals surface area (Å²) in [5.74, 6) is -0.600. The third kappa shape index (κ3) is 5.68. The molecule has 1 amide bonds. The molecule has 0 bridgehead atoms. The smallest absolute Gasteiger partial charge is 0.335 e. The predicted octanol–water partition coefficient (Wildman–Crippen LogP) is 3.96. The molecule has 130 valence electrons. The number of benzene rings is 2. The fraction of sp³-hybridized carbons (Fsp3) is 0.118. The van der Waals surface area contributed by atoms with Crippen LogP contribution in [-0.4, -0.2) is 23.2 Å². The second-order valence-electron chi connectivity index (χ2n) is 5.03. The van der Waals surface area contributed by atoms with Crippen molar-refractivity contribution in [1.82, 2.24) is 5.43 Å². The third-order valence-corrected chi connectivity index (χ3v) is 4.22. The number of amides is 1. The summed E-state index contributed by atoms with van der Waals surface area (Å²) in [5, 5.41) is 12.7. The summed E-state index contributed by atoms with van der Waals surface area (Å²) < 4.78 is 7.23. The van der Waals surface area contributed by atoms with E-state index >= 15 is 0 Å². The van der Waals surface area contributed by atoms with Gasteiger partial charge in [-0.3, -0.25) is 4.79 Å². The van der Waals surface area contributed by atoms with Gasteiger partial charge in [-0.25, -0.2) is 10.2 Å². The molecule has 0 saturated heterocycles. The van der Waals surface area contributed by atoms with Crippen molar-refractivity contribution in [2.75, 3.05) is 0 Å². The molecule has 2 aromatic rings. The van der Waals surface area contributed by atoms with Gasteiger partial charge in [0, 0.05) is 6.92 Å². The van der Waals surface area contributed by atoms with Crippen molar-refractivity contribution in [3.8, 4) is 5.75 Å². The van der Waals surface area contributed by atoms with Crippen molar-refractivity contribution in [2.24, 2.45) is 5.10 Å².